The third-order valence-electron chi connectivity index (χ3n) is 3.22. The number of hydrogen-bond donors (Lipinski definition) is 3. The van der Waals surface area contributed by atoms with Crippen molar-refractivity contribution < 1.29 is 90.5 Å². The Balaban J connectivity index is 0.00000841. The molecule has 0 fully saturated rings. The van der Waals surface area contributed by atoms with Crippen molar-refractivity contribution in [1.82, 2.24) is 0 Å². The van der Waals surface area contributed by atoms with E-state index in [1.807, 2.05) is 0 Å². The molecule has 0 spiro atoms. The van der Waals surface area contributed by atoms with E-state index < -0.39 is 30.9 Å². The fourth-order valence-electron chi connectivity index (χ4n) is 1.79. The number of benzene rings is 1. The van der Waals surface area contributed by atoms with Gasteiger partial charge in [0.25, 0.3) is 0 Å². The van der Waals surface area contributed by atoms with E-state index in [9.17, 15) is 29.6 Å². The maximum absolute atomic E-state index is 12.8. The quantitative estimate of drug-likeness (QED) is 0.186. The molecule has 0 aliphatic carbocycles. The summed E-state index contributed by atoms with van der Waals surface area (Å²) in [5.74, 6) is 3.99. The van der Waals surface area contributed by atoms with Gasteiger partial charge in [0.05, 0.1) is 19.2 Å². The van der Waals surface area contributed by atoms with Gasteiger partial charge in [-0.2, -0.15) is 0 Å². The molecule has 3 N–H and O–H groups in total. The molecule has 7 nitrogen and oxygen atoms in total. The topological polar surface area (TPSA) is 119 Å². The summed E-state index contributed by atoms with van der Waals surface area (Å²) in [6, 6.07) is 5.43. The van der Waals surface area contributed by atoms with Crippen LogP contribution in [-0.2, 0) is 9.53 Å². The third kappa shape index (κ3) is 14.6. The summed E-state index contributed by atoms with van der Waals surface area (Å²) in [6.07, 6.45) is 5.24. The Kier molecular flexibility index (Phi) is 16.6. The van der Waals surface area contributed by atoms with Crippen LogP contribution in [0.4, 0.5) is 4.39 Å². The molecule has 9 heteroatoms. The van der Waals surface area contributed by atoms with Gasteiger partial charge in [0.2, 0.25) is 0 Å². The molecule has 1 aromatic rings. The van der Waals surface area contributed by atoms with Crippen LogP contribution in [0.15, 0.2) is 60.7 Å². The van der Waals surface area contributed by atoms with Gasteiger partial charge in [0.15, 0.2) is 0 Å². The van der Waals surface area contributed by atoms with Crippen LogP contribution in [-0.4, -0.2) is 59.4 Å². The zero-order valence-electron chi connectivity index (χ0n) is 16.5. The zero-order chi connectivity index (χ0) is 21.5. The number of aliphatic hydroxyl groups excluding tert-OH is 3. The zero-order valence-corrected chi connectivity index (χ0v) is 19.6. The first-order chi connectivity index (χ1) is 13.9. The predicted octanol–water partition coefficient (Wildman–Crippen LogP) is -3.27. The van der Waals surface area contributed by atoms with Crippen molar-refractivity contribution in [2.24, 2.45) is 0 Å². The molecule has 0 aliphatic heterocycles. The molecule has 0 heterocycles. The van der Waals surface area contributed by atoms with Crippen LogP contribution < -0.4 is 61.2 Å². The van der Waals surface area contributed by atoms with Crippen molar-refractivity contribution in [1.29, 1.82) is 0 Å². The minimum Gasteiger partial charge on any atom is -0.548 e. The SMILES string of the molecule is O=C([O-])COC[C@H](O)[C@@H](O)C=CC=CC#CC=C[C@@H](O)COc1ccc(F)cc1.[K+]. The van der Waals surface area contributed by atoms with Crippen molar-refractivity contribution in [2.45, 2.75) is 18.3 Å². The van der Waals surface area contributed by atoms with Gasteiger partial charge in [0.1, 0.15) is 36.5 Å². The molecule has 0 radical (unpaired) electrons. The fourth-order valence-corrected chi connectivity index (χ4v) is 1.79. The number of carboxylic acids is 1. The van der Waals surface area contributed by atoms with E-state index in [4.69, 9.17) is 4.74 Å². The summed E-state index contributed by atoms with van der Waals surface area (Å²) in [5, 5.41) is 39.0. The van der Waals surface area contributed by atoms with Crippen molar-refractivity contribution in [3.8, 4) is 17.6 Å². The van der Waals surface area contributed by atoms with E-state index in [0.29, 0.717) is 5.75 Å². The van der Waals surface area contributed by atoms with Gasteiger partial charge < -0.3 is 34.7 Å². The van der Waals surface area contributed by atoms with E-state index in [2.05, 4.69) is 16.6 Å². The number of allylic oxidation sites excluding steroid dienone is 4. The number of carbonyl (C=O) groups excluding carboxylic acids is 1. The van der Waals surface area contributed by atoms with Gasteiger partial charge in [-0.05, 0) is 42.5 Å². The molecule has 0 bridgehead atoms. The smallest absolute Gasteiger partial charge is 0.548 e. The summed E-state index contributed by atoms with van der Waals surface area (Å²) in [7, 11) is 0. The fraction of sp³-hybridized carbons (Fsp3) is 0.286. The van der Waals surface area contributed by atoms with E-state index >= 15 is 0 Å². The van der Waals surface area contributed by atoms with Crippen molar-refractivity contribution in [3.05, 3.63) is 66.5 Å². The monoisotopic (exact) mass is 444 g/mol. The largest absolute Gasteiger partial charge is 1.00 e. The van der Waals surface area contributed by atoms with Gasteiger partial charge in [0, 0.05) is 0 Å². The van der Waals surface area contributed by atoms with Crippen LogP contribution >= 0.6 is 0 Å². The summed E-state index contributed by atoms with van der Waals surface area (Å²) >= 11 is 0. The number of aliphatic hydroxyl groups is 3. The van der Waals surface area contributed by atoms with Crippen LogP contribution in [0, 0.1) is 17.7 Å². The van der Waals surface area contributed by atoms with Crippen LogP contribution in [0.2, 0.25) is 0 Å². The number of rotatable bonds is 11. The standard InChI is InChI=1S/C21H23FO7.K/c22-16-9-11-18(12-10-16)29-13-17(23)7-5-3-1-2-4-6-8-19(24)20(25)14-28-15-21(26)27;/h2,4-12,17,19-20,23-25H,13-15H2,(H,26,27);/q;+1/p-1/t17-,19+,20+;/m1./s1. The van der Waals surface area contributed by atoms with E-state index in [1.54, 1.807) is 0 Å². The second-order valence-electron chi connectivity index (χ2n) is 5.67. The molecule has 0 saturated carbocycles. The Morgan fingerprint density at radius 2 is 1.73 bits per heavy atom. The molecule has 30 heavy (non-hydrogen) atoms. The number of carbonyl (C=O) groups is 1. The number of hydrogen-bond acceptors (Lipinski definition) is 7. The van der Waals surface area contributed by atoms with Gasteiger partial charge >= 0.3 is 51.4 Å². The molecular formula is C21H22FKO7. The molecular weight excluding hydrogens is 422 g/mol. The maximum atomic E-state index is 12.8. The Labute approximate surface area is 216 Å². The molecule has 0 aliphatic rings. The van der Waals surface area contributed by atoms with Crippen LogP contribution in [0.5, 0.6) is 5.75 Å². The van der Waals surface area contributed by atoms with Gasteiger partial charge in [-0.25, -0.2) is 4.39 Å². The minimum atomic E-state index is -1.41. The van der Waals surface area contributed by atoms with Crippen LogP contribution in [0.1, 0.15) is 0 Å². The Morgan fingerprint density at radius 1 is 1.07 bits per heavy atom. The molecule has 0 saturated heterocycles. The first kappa shape index (κ1) is 28.7. The Bertz CT molecular complexity index is 766. The molecule has 1 aromatic carbocycles. The van der Waals surface area contributed by atoms with E-state index in [0.717, 1.165) is 0 Å². The van der Waals surface area contributed by atoms with Gasteiger partial charge in [-0.1, -0.05) is 30.1 Å². The summed E-state index contributed by atoms with van der Waals surface area (Å²) in [4.78, 5) is 10.2. The average Bonchev–Trinajstić information content (AvgIpc) is 2.69. The molecule has 0 aromatic heterocycles. The number of carboxylic acid groups (broad SMARTS) is 1. The molecule has 3 atom stereocenters. The predicted molar refractivity (Wildman–Crippen MR) is 101 cm³/mol. The Morgan fingerprint density at radius 3 is 2.40 bits per heavy atom. The first-order valence-corrected chi connectivity index (χ1v) is 8.59. The summed E-state index contributed by atoms with van der Waals surface area (Å²) in [6.45, 7) is -1.01. The van der Waals surface area contributed by atoms with Crippen molar-refractivity contribution >= 4 is 5.97 Å². The maximum Gasteiger partial charge on any atom is 1.00 e. The molecule has 1 rings (SSSR count). The number of halogens is 1. The van der Waals surface area contributed by atoms with Crippen LogP contribution in [0.25, 0.3) is 0 Å². The molecule has 0 unspecified atom stereocenters. The van der Waals surface area contributed by atoms with E-state index in [-0.39, 0.29) is 70.4 Å². The average molecular weight is 444 g/mol. The third-order valence-corrected chi connectivity index (χ3v) is 3.22. The second-order valence-corrected chi connectivity index (χ2v) is 5.67. The Hall–Kier alpha value is -1.32. The summed E-state index contributed by atoms with van der Waals surface area (Å²) in [5.41, 5.74) is 0. The minimum absolute atomic E-state index is 0. The van der Waals surface area contributed by atoms with Crippen LogP contribution in [0.3, 0.4) is 0 Å². The van der Waals surface area contributed by atoms with E-state index in [1.165, 1.54) is 60.7 Å². The first-order valence-electron chi connectivity index (χ1n) is 8.59. The number of ether oxygens (including phenoxy) is 2. The normalized spacial score (nSPS) is 14.1. The van der Waals surface area contributed by atoms with Gasteiger partial charge in [-0.3, -0.25) is 0 Å². The van der Waals surface area contributed by atoms with Gasteiger partial charge in [-0.15, -0.1) is 0 Å². The number of aliphatic carboxylic acids is 1. The second kappa shape index (κ2) is 17.4. The van der Waals surface area contributed by atoms with Crippen molar-refractivity contribution in [3.63, 3.8) is 0 Å². The molecule has 156 valence electrons. The molecule has 0 amide bonds. The summed E-state index contributed by atoms with van der Waals surface area (Å²) < 4.78 is 22.7. The van der Waals surface area contributed by atoms with Crippen molar-refractivity contribution in [2.75, 3.05) is 19.8 Å².